The molecule has 9 heteroatoms. The molecule has 0 spiro atoms. The normalized spacial score (nSPS) is 11.5. The van der Waals surface area contributed by atoms with Gasteiger partial charge in [-0.15, -0.1) is 10.2 Å². The van der Waals surface area contributed by atoms with Crippen LogP contribution in [-0.2, 0) is 11.9 Å². The largest absolute Gasteiger partial charge is 0.497 e. The van der Waals surface area contributed by atoms with E-state index in [1.54, 1.807) is 26.4 Å². The highest BCUT2D eigenvalue weighted by Gasteiger charge is 2.30. The molecule has 0 amide bonds. The Kier molecular flexibility index (Phi) is 6.83. The molecule has 0 aliphatic heterocycles. The van der Waals surface area contributed by atoms with Gasteiger partial charge in [0.25, 0.3) is 0 Å². The van der Waals surface area contributed by atoms with E-state index in [-0.39, 0.29) is 0 Å². The SMILES string of the molecule is COc1cc(OC)cc(-c2nnc(SCc3cccc(C(F)(F)F)c3)n2-c2ccccc2C)c1. The van der Waals surface area contributed by atoms with Gasteiger partial charge in [-0.3, -0.25) is 4.57 Å². The lowest BCUT2D eigenvalue weighted by molar-refractivity contribution is -0.137. The summed E-state index contributed by atoms with van der Waals surface area (Å²) < 4.78 is 52.1. The van der Waals surface area contributed by atoms with E-state index in [2.05, 4.69) is 10.2 Å². The molecule has 0 bridgehead atoms. The Labute approximate surface area is 199 Å². The van der Waals surface area contributed by atoms with Crippen LogP contribution in [0.3, 0.4) is 0 Å². The fourth-order valence-electron chi connectivity index (χ4n) is 3.50. The van der Waals surface area contributed by atoms with Gasteiger partial charge in [0.05, 0.1) is 25.5 Å². The van der Waals surface area contributed by atoms with Crippen LogP contribution in [0, 0.1) is 6.92 Å². The summed E-state index contributed by atoms with van der Waals surface area (Å²) in [5.41, 5.74) is 2.48. The molecule has 4 aromatic rings. The third-order valence-corrected chi connectivity index (χ3v) is 6.22. The Hall–Kier alpha value is -3.46. The number of alkyl halides is 3. The monoisotopic (exact) mass is 485 g/mol. The maximum absolute atomic E-state index is 13.1. The van der Waals surface area contributed by atoms with Crippen molar-refractivity contribution < 1.29 is 22.6 Å². The first-order valence-electron chi connectivity index (χ1n) is 10.3. The summed E-state index contributed by atoms with van der Waals surface area (Å²) in [5, 5.41) is 9.36. The second-order valence-electron chi connectivity index (χ2n) is 7.52. The molecule has 0 radical (unpaired) electrons. The van der Waals surface area contributed by atoms with E-state index in [4.69, 9.17) is 9.47 Å². The van der Waals surface area contributed by atoms with Gasteiger partial charge in [-0.05, 0) is 42.3 Å². The fourth-order valence-corrected chi connectivity index (χ4v) is 4.39. The molecule has 176 valence electrons. The minimum absolute atomic E-state index is 0.301. The van der Waals surface area contributed by atoms with Crippen molar-refractivity contribution in [2.75, 3.05) is 14.2 Å². The summed E-state index contributed by atoms with van der Waals surface area (Å²) >= 11 is 1.32. The van der Waals surface area contributed by atoms with Crippen LogP contribution >= 0.6 is 11.8 Å². The van der Waals surface area contributed by atoms with Gasteiger partial charge in [-0.1, -0.05) is 48.2 Å². The summed E-state index contributed by atoms with van der Waals surface area (Å²) in [7, 11) is 3.14. The molecule has 0 saturated carbocycles. The highest BCUT2D eigenvalue weighted by molar-refractivity contribution is 7.98. The van der Waals surface area contributed by atoms with E-state index < -0.39 is 11.7 Å². The Morgan fingerprint density at radius 3 is 2.24 bits per heavy atom. The molecule has 0 aliphatic carbocycles. The number of benzene rings is 3. The number of hydrogen-bond donors (Lipinski definition) is 0. The third kappa shape index (κ3) is 5.04. The zero-order valence-electron chi connectivity index (χ0n) is 18.8. The summed E-state index contributed by atoms with van der Waals surface area (Å²) in [6, 6.07) is 18.5. The number of para-hydroxylation sites is 1. The first-order valence-corrected chi connectivity index (χ1v) is 11.3. The summed E-state index contributed by atoms with van der Waals surface area (Å²) in [6.45, 7) is 1.98. The number of rotatable bonds is 7. The van der Waals surface area contributed by atoms with E-state index >= 15 is 0 Å². The van der Waals surface area contributed by atoms with Crippen molar-refractivity contribution in [2.45, 2.75) is 24.0 Å². The Balaban J connectivity index is 1.77. The lowest BCUT2D eigenvalue weighted by Crippen LogP contribution is -2.05. The van der Waals surface area contributed by atoms with E-state index in [1.807, 2.05) is 47.9 Å². The topological polar surface area (TPSA) is 49.2 Å². The molecule has 0 atom stereocenters. The molecular formula is C25H22F3N3O2S. The van der Waals surface area contributed by atoms with Crippen molar-refractivity contribution in [1.29, 1.82) is 0 Å². The lowest BCUT2D eigenvalue weighted by atomic mass is 10.1. The Morgan fingerprint density at radius 1 is 0.882 bits per heavy atom. The van der Waals surface area contributed by atoms with Gasteiger partial charge >= 0.3 is 6.18 Å². The number of aryl methyl sites for hydroxylation is 1. The van der Waals surface area contributed by atoms with Crippen LogP contribution in [0.2, 0.25) is 0 Å². The molecule has 4 rings (SSSR count). The molecule has 0 aliphatic rings. The molecule has 5 nitrogen and oxygen atoms in total. The number of halogens is 3. The van der Waals surface area contributed by atoms with Crippen LogP contribution in [0.1, 0.15) is 16.7 Å². The summed E-state index contributed by atoms with van der Waals surface area (Å²) in [5.74, 6) is 2.08. The average Bonchev–Trinajstić information content (AvgIpc) is 3.26. The van der Waals surface area contributed by atoms with E-state index in [1.165, 1.54) is 17.8 Å². The van der Waals surface area contributed by atoms with Crippen LogP contribution in [0.25, 0.3) is 17.1 Å². The third-order valence-electron chi connectivity index (χ3n) is 5.22. The van der Waals surface area contributed by atoms with Crippen LogP contribution < -0.4 is 9.47 Å². The Morgan fingerprint density at radius 2 is 1.59 bits per heavy atom. The first-order chi connectivity index (χ1) is 16.3. The number of hydrogen-bond acceptors (Lipinski definition) is 5. The molecule has 0 N–H and O–H groups in total. The predicted molar refractivity (Wildman–Crippen MR) is 126 cm³/mol. The molecule has 1 heterocycles. The molecule has 34 heavy (non-hydrogen) atoms. The van der Waals surface area contributed by atoms with Crippen molar-refractivity contribution in [3.8, 4) is 28.6 Å². The first kappa shape index (κ1) is 23.7. The smallest absolute Gasteiger partial charge is 0.416 e. The van der Waals surface area contributed by atoms with Gasteiger partial charge in [0.15, 0.2) is 11.0 Å². The number of ether oxygens (including phenoxy) is 2. The van der Waals surface area contributed by atoms with Crippen LogP contribution in [0.5, 0.6) is 11.5 Å². The van der Waals surface area contributed by atoms with Crippen molar-refractivity contribution in [3.05, 3.63) is 83.4 Å². The number of methoxy groups -OCH3 is 2. The second-order valence-corrected chi connectivity index (χ2v) is 8.46. The van der Waals surface area contributed by atoms with Crippen LogP contribution in [0.15, 0.2) is 71.9 Å². The number of nitrogens with zero attached hydrogens (tertiary/aromatic N) is 3. The zero-order chi connectivity index (χ0) is 24.3. The van der Waals surface area contributed by atoms with Gasteiger partial charge in [-0.2, -0.15) is 13.2 Å². The van der Waals surface area contributed by atoms with Crippen molar-refractivity contribution in [3.63, 3.8) is 0 Å². The standard InChI is InChI=1S/C25H22F3N3O2S/c1-16-7-4-5-10-22(16)31-23(18-12-20(32-2)14-21(13-18)33-3)29-30-24(31)34-15-17-8-6-9-19(11-17)25(26,27)28/h4-14H,15H2,1-3H3. The molecule has 1 aromatic heterocycles. The van der Waals surface area contributed by atoms with E-state index in [9.17, 15) is 13.2 Å². The maximum Gasteiger partial charge on any atom is 0.416 e. The molecule has 0 unspecified atom stereocenters. The van der Waals surface area contributed by atoms with Gasteiger partial charge in [0.2, 0.25) is 0 Å². The minimum atomic E-state index is -4.39. The van der Waals surface area contributed by atoms with E-state index in [0.717, 1.165) is 28.9 Å². The lowest BCUT2D eigenvalue weighted by Gasteiger charge is -2.14. The van der Waals surface area contributed by atoms with Crippen LogP contribution in [0.4, 0.5) is 13.2 Å². The molecular weight excluding hydrogens is 463 g/mol. The summed E-state index contributed by atoms with van der Waals surface area (Å²) in [6.07, 6.45) is -4.39. The second kappa shape index (κ2) is 9.80. The van der Waals surface area contributed by atoms with Gasteiger partial charge in [0.1, 0.15) is 11.5 Å². The van der Waals surface area contributed by atoms with Gasteiger partial charge < -0.3 is 9.47 Å². The quantitative estimate of drug-likeness (QED) is 0.277. The van der Waals surface area contributed by atoms with Gasteiger partial charge in [-0.25, -0.2) is 0 Å². The fraction of sp³-hybridized carbons (Fsp3) is 0.200. The highest BCUT2D eigenvalue weighted by atomic mass is 32.2. The summed E-state index contributed by atoms with van der Waals surface area (Å²) in [4.78, 5) is 0. The average molecular weight is 486 g/mol. The minimum Gasteiger partial charge on any atom is -0.497 e. The van der Waals surface area contributed by atoms with Crippen molar-refractivity contribution in [1.82, 2.24) is 14.8 Å². The predicted octanol–water partition coefficient (Wildman–Crippen LogP) is 6.57. The Bertz CT molecular complexity index is 1280. The number of aromatic nitrogens is 3. The molecule has 3 aromatic carbocycles. The van der Waals surface area contributed by atoms with Gasteiger partial charge in [0, 0.05) is 17.4 Å². The van der Waals surface area contributed by atoms with Crippen LogP contribution in [-0.4, -0.2) is 29.0 Å². The highest BCUT2D eigenvalue weighted by Crippen LogP contribution is 2.35. The molecule has 0 saturated heterocycles. The number of thioether (sulfide) groups is 1. The zero-order valence-corrected chi connectivity index (χ0v) is 19.6. The van der Waals surface area contributed by atoms with E-state index in [0.29, 0.717) is 33.8 Å². The maximum atomic E-state index is 13.1. The van der Waals surface area contributed by atoms with Crippen molar-refractivity contribution in [2.24, 2.45) is 0 Å². The molecule has 0 fully saturated rings. The van der Waals surface area contributed by atoms with Crippen molar-refractivity contribution >= 4 is 11.8 Å².